The topological polar surface area (TPSA) is 347 Å². The largest absolute Gasteiger partial charge is 0.462 e. The maximum atomic E-state index is 13.1. The lowest BCUT2D eigenvalue weighted by atomic mass is 9.87. The highest BCUT2D eigenvalue weighted by Gasteiger charge is 2.74. The molecule has 0 spiro atoms. The molecule has 2 aromatic heterocycles. The average Bonchev–Trinajstić information content (AvgIpc) is 2.56. The van der Waals surface area contributed by atoms with Crippen LogP contribution in [0.1, 0.15) is 125 Å². The van der Waals surface area contributed by atoms with Crippen molar-refractivity contribution < 1.29 is 73.9 Å². The van der Waals surface area contributed by atoms with Crippen molar-refractivity contribution in [1.29, 1.82) is 10.5 Å². The van der Waals surface area contributed by atoms with Gasteiger partial charge in [0.15, 0.2) is 11.2 Å². The van der Waals surface area contributed by atoms with Crippen molar-refractivity contribution in [2.45, 2.75) is 216 Å². The van der Waals surface area contributed by atoms with Gasteiger partial charge in [-0.25, -0.2) is 24.0 Å². The van der Waals surface area contributed by atoms with Crippen LogP contribution in [0.5, 0.6) is 0 Å². The smallest absolute Gasteiger partial charge is 0.418 e. The minimum absolute atomic E-state index is 0.00193. The standard InChI is InChI=1S/C26H41N3O10Si2.C23H39N3O7Si2.C3H3ClO3/c1-15(2)40(16(3)4)35-13-19-21(38-41(39-40,17(5)6)18(7)8)25(9,37-23(32)22(31)34-10)26(14-27,36-19)29-12-11-20(30)28-24(29)33;1-14(2)34(15(3)4)30-12-18-20(32-35(33-34,16(5)6)17(7)8)22(9,29)23(13-24,31-18)26-11-10-19(27)25-21(26)28;1-7-3(6)2(4)5/h11-12,15-19,21H,13H2,1-10H3,(H,28,30,33);10-11,14-18,20,29H,12H2,1-9H3,(H,25,27,28);1H3/t19-,21-,25-,26-;18-,20-,22-,23-;/m11./s1. The number of ether oxygens (including phenoxy) is 5. The predicted octanol–water partition coefficient (Wildman–Crippen LogP) is 5.29. The number of halogens is 1. The Kier molecular flexibility index (Phi) is 22.5. The highest BCUT2D eigenvalue weighted by Crippen LogP contribution is 2.55. The van der Waals surface area contributed by atoms with Crippen LogP contribution in [-0.4, -0.2) is 145 Å². The molecule has 2 aromatic rings. The Morgan fingerprint density at radius 3 is 1.24 bits per heavy atom. The first-order chi connectivity index (χ1) is 38.3. The quantitative estimate of drug-likeness (QED) is 0.0799. The Morgan fingerprint density at radius 1 is 0.590 bits per heavy atom. The minimum atomic E-state index is -3.35. The zero-order valence-corrected chi connectivity index (χ0v) is 55.8. The Morgan fingerprint density at radius 2 is 0.928 bits per heavy atom. The number of aliphatic hydroxyl groups is 1. The number of aromatic amines is 2. The van der Waals surface area contributed by atoms with Crippen LogP contribution in [0, 0.1) is 22.7 Å². The zero-order valence-electron chi connectivity index (χ0n) is 51.0. The van der Waals surface area contributed by atoms with Gasteiger partial charge in [0.25, 0.3) is 22.6 Å². The van der Waals surface area contributed by atoms with E-state index in [9.17, 15) is 54.0 Å². The molecule has 0 saturated carbocycles. The van der Waals surface area contributed by atoms with Crippen LogP contribution >= 0.6 is 11.6 Å². The van der Waals surface area contributed by atoms with E-state index in [0.29, 0.717) is 0 Å². The number of carbonyl (C=O) groups is 4. The van der Waals surface area contributed by atoms with E-state index in [0.717, 1.165) is 47.9 Å². The lowest BCUT2D eigenvalue weighted by Gasteiger charge is -2.52. The molecule has 26 nitrogen and oxygen atoms in total. The van der Waals surface area contributed by atoms with E-state index in [4.69, 9.17) is 40.1 Å². The molecule has 3 N–H and O–H groups in total. The summed E-state index contributed by atoms with van der Waals surface area (Å²) in [4.78, 5) is 98.3. The molecule has 31 heteroatoms. The van der Waals surface area contributed by atoms with Gasteiger partial charge in [0, 0.05) is 24.5 Å². The highest BCUT2D eigenvalue weighted by molar-refractivity contribution is 6.84. The summed E-state index contributed by atoms with van der Waals surface area (Å²) < 4.78 is 70.2. The SMILES string of the molecule is CC(C)[Si]1(C(C)C)OC[C@H]2O[C@@](C#N)(n3ccc(=O)[nH]c3=O)[C@](C)(O)[C@@H]2O[Si](C(C)C)(C(C)C)O1.COC(=O)C(=O)Cl.COC(=O)C(=O)O[C@]1(C)[C@@H]2O[Si](C(C)C)(C(C)C)O[Si](C(C)C)(C(C)C)OC[C@H]2O[C@@]1(C#N)n1ccc(=O)[nH]c1=O. The number of nitriles is 2. The van der Waals surface area contributed by atoms with Gasteiger partial charge in [0.1, 0.15) is 36.6 Å². The lowest BCUT2D eigenvalue weighted by Crippen LogP contribution is -2.68. The number of methoxy groups -OCH3 is 2. The van der Waals surface area contributed by atoms with E-state index in [1.807, 2.05) is 67.5 Å². The van der Waals surface area contributed by atoms with E-state index < -0.39 is 127 Å². The lowest BCUT2D eigenvalue weighted by molar-refractivity contribution is -0.201. The zero-order chi connectivity index (χ0) is 63.6. The van der Waals surface area contributed by atoms with Gasteiger partial charge in [-0.05, 0) is 69.8 Å². The van der Waals surface area contributed by atoms with Crippen molar-refractivity contribution in [1.82, 2.24) is 19.1 Å². The molecule has 4 saturated heterocycles. The predicted molar refractivity (Wildman–Crippen MR) is 307 cm³/mol. The van der Waals surface area contributed by atoms with Crippen LogP contribution in [0.25, 0.3) is 0 Å². The number of fused-ring (bicyclic) bond motifs is 2. The third-order valence-electron chi connectivity index (χ3n) is 16.1. The van der Waals surface area contributed by atoms with E-state index in [1.54, 1.807) is 0 Å². The summed E-state index contributed by atoms with van der Waals surface area (Å²) in [6.07, 6.45) is -1.89. The van der Waals surface area contributed by atoms with Gasteiger partial charge in [-0.15, -0.1) is 0 Å². The molecule has 4 fully saturated rings. The van der Waals surface area contributed by atoms with Gasteiger partial charge in [-0.2, -0.15) is 10.5 Å². The number of hydrogen-bond acceptors (Lipinski definition) is 22. The van der Waals surface area contributed by atoms with Gasteiger partial charge in [-0.3, -0.25) is 33.5 Å². The molecule has 6 heterocycles. The minimum Gasteiger partial charge on any atom is -0.462 e. The van der Waals surface area contributed by atoms with Gasteiger partial charge in [-0.1, -0.05) is 111 Å². The van der Waals surface area contributed by atoms with Crippen LogP contribution < -0.4 is 22.5 Å². The van der Waals surface area contributed by atoms with Gasteiger partial charge >= 0.3 is 68.8 Å². The maximum Gasteiger partial charge on any atom is 0.418 e. The fraction of sp³-hybridized carbons (Fsp3) is 0.731. The number of nitrogens with one attached hydrogen (secondary N) is 2. The summed E-state index contributed by atoms with van der Waals surface area (Å²) in [5.74, 6) is -3.77. The summed E-state index contributed by atoms with van der Waals surface area (Å²) >= 11 is 4.61. The van der Waals surface area contributed by atoms with Crippen molar-refractivity contribution in [2.24, 2.45) is 0 Å². The summed E-state index contributed by atoms with van der Waals surface area (Å²) in [6.45, 7) is 35.4. The number of H-pyrrole nitrogens is 2. The molecule has 0 radical (unpaired) electrons. The monoisotopic (exact) mass is 1260 g/mol. The van der Waals surface area contributed by atoms with Crippen LogP contribution in [0.2, 0.25) is 44.3 Å². The Labute approximate surface area is 492 Å². The first-order valence-corrected chi connectivity index (χ1v) is 35.7. The second-order valence-electron chi connectivity index (χ2n) is 23.7. The average molecular weight is 1260 g/mol. The van der Waals surface area contributed by atoms with Crippen molar-refractivity contribution in [2.75, 3.05) is 27.4 Å². The molecule has 83 heavy (non-hydrogen) atoms. The third kappa shape index (κ3) is 12.6. The molecule has 6 rings (SSSR count). The molecule has 0 bridgehead atoms. The van der Waals surface area contributed by atoms with Crippen molar-refractivity contribution in [3.05, 3.63) is 66.2 Å². The Bertz CT molecular complexity index is 2990. The molecule has 0 aliphatic carbocycles. The summed E-state index contributed by atoms with van der Waals surface area (Å²) in [5, 5.41) is 31.8. The van der Waals surface area contributed by atoms with Crippen molar-refractivity contribution >= 4 is 69.0 Å². The van der Waals surface area contributed by atoms with Crippen LogP contribution in [0.4, 0.5) is 0 Å². The number of nitrogens with zero attached hydrogens (tertiary/aromatic N) is 4. The molecular formula is C52H83ClN6O20Si4. The number of esters is 3. The number of carbonyl (C=O) groups excluding carboxylic acids is 4. The molecular weight excluding hydrogens is 1180 g/mol. The normalized spacial score (nSPS) is 28.7. The molecule has 4 aliphatic rings. The van der Waals surface area contributed by atoms with Crippen molar-refractivity contribution in [3.8, 4) is 12.1 Å². The van der Waals surface area contributed by atoms with E-state index >= 15 is 0 Å². The van der Waals surface area contributed by atoms with Crippen LogP contribution in [0.15, 0.2) is 43.7 Å². The van der Waals surface area contributed by atoms with E-state index in [-0.39, 0.29) is 57.5 Å². The Balaban J connectivity index is 0.000000322. The van der Waals surface area contributed by atoms with Gasteiger partial charge < -0.3 is 54.7 Å². The maximum absolute atomic E-state index is 13.1. The molecule has 0 aromatic carbocycles. The fourth-order valence-corrected chi connectivity index (χ4v) is 34.2. The molecule has 8 atom stereocenters. The van der Waals surface area contributed by atoms with Gasteiger partial charge in [0.2, 0.25) is 0 Å². The van der Waals surface area contributed by atoms with E-state index in [1.165, 1.54) is 13.8 Å². The first-order valence-electron chi connectivity index (χ1n) is 27.4. The summed E-state index contributed by atoms with van der Waals surface area (Å²) in [7, 11) is -10.2. The molecule has 0 amide bonds. The first kappa shape index (κ1) is 70.7. The summed E-state index contributed by atoms with van der Waals surface area (Å²) in [5.41, 5.74) is -11.8. The second kappa shape index (κ2) is 26.5. The van der Waals surface area contributed by atoms with Crippen molar-refractivity contribution in [3.63, 3.8) is 0 Å². The number of rotatable bonds is 12. The number of aromatic nitrogens is 4. The molecule has 4 aliphatic heterocycles. The van der Waals surface area contributed by atoms with E-state index in [2.05, 4.69) is 86.4 Å². The summed E-state index contributed by atoms with van der Waals surface area (Å²) in [6, 6.07) is 6.15. The van der Waals surface area contributed by atoms with Crippen LogP contribution in [-0.2, 0) is 80.2 Å². The second-order valence-corrected chi connectivity index (χ2v) is 41.7. The fourth-order valence-electron chi connectivity index (χ4n) is 11.6. The third-order valence-corrected chi connectivity index (χ3v) is 36.7. The number of hydrogen-bond donors (Lipinski definition) is 3. The van der Waals surface area contributed by atoms with Crippen LogP contribution in [0.3, 0.4) is 0 Å². The Hall–Kier alpha value is -4.78. The molecule has 464 valence electrons. The highest BCUT2D eigenvalue weighted by atomic mass is 35.5. The van der Waals surface area contributed by atoms with Gasteiger partial charge in [0.05, 0.1) is 27.4 Å². The molecule has 0 unspecified atom stereocenters.